The first-order chi connectivity index (χ1) is 11.6. The molecule has 0 radical (unpaired) electrons. The first kappa shape index (κ1) is 18.3. The van der Waals surface area contributed by atoms with Crippen LogP contribution in [0.25, 0.3) is 11.2 Å². The van der Waals surface area contributed by atoms with Gasteiger partial charge in [-0.15, -0.1) is 13.2 Å². The Hall–Kier alpha value is -1.54. The number of aromatic nitrogens is 4. The number of H-pyrrole nitrogens is 1. The van der Waals surface area contributed by atoms with Crippen molar-refractivity contribution in [1.29, 1.82) is 0 Å². The van der Waals surface area contributed by atoms with E-state index in [1.165, 1.54) is 0 Å². The lowest BCUT2D eigenvalue weighted by Gasteiger charge is -2.18. The lowest BCUT2D eigenvalue weighted by Crippen LogP contribution is -2.32. The lowest BCUT2D eigenvalue weighted by molar-refractivity contribution is -0.0413. The average Bonchev–Trinajstić information content (AvgIpc) is 2.95. The van der Waals surface area contributed by atoms with Crippen molar-refractivity contribution in [1.82, 2.24) is 19.5 Å². The van der Waals surface area contributed by atoms with E-state index in [2.05, 4.69) is 34.6 Å². The van der Waals surface area contributed by atoms with E-state index in [4.69, 9.17) is 4.74 Å². The number of hydrogen-bond donors (Lipinski definition) is 3. The monoisotopic (exact) mass is 372 g/mol. The number of hydrogen-bond acceptors (Lipinski definition) is 6. The predicted molar refractivity (Wildman–Crippen MR) is 94.1 cm³/mol. The molecule has 0 saturated carbocycles. The second-order valence-electron chi connectivity index (χ2n) is 7.07. The van der Waals surface area contributed by atoms with Gasteiger partial charge in [-0.1, -0.05) is 0 Å². The average molecular weight is 372 g/mol. The summed E-state index contributed by atoms with van der Waals surface area (Å²) < 4.78 is 21.0. The molecular weight excluding hydrogens is 350 g/mol. The van der Waals surface area contributed by atoms with Gasteiger partial charge >= 0.3 is 0 Å². The van der Waals surface area contributed by atoms with E-state index in [1.54, 1.807) is 6.92 Å². The van der Waals surface area contributed by atoms with E-state index in [0.29, 0.717) is 6.42 Å². The van der Waals surface area contributed by atoms with E-state index < -0.39 is 43.1 Å². The van der Waals surface area contributed by atoms with Crippen LogP contribution in [-0.4, -0.2) is 73.8 Å². The Bertz CT molecular complexity index is 905. The van der Waals surface area contributed by atoms with Gasteiger partial charge in [0.2, 0.25) is 0 Å². The van der Waals surface area contributed by atoms with Gasteiger partial charge in [0, 0.05) is 0 Å². The van der Waals surface area contributed by atoms with Gasteiger partial charge in [-0.05, 0) is 32.8 Å². The minimum atomic E-state index is -1.36. The Labute approximate surface area is 143 Å². The third-order valence-electron chi connectivity index (χ3n) is 4.24. The molecule has 3 N–H and O–H groups in total. The Kier molecular flexibility index (Phi) is 4.61. The summed E-state index contributed by atoms with van der Waals surface area (Å²) >= 11 is 0. The molecule has 3 rings (SSSR count). The molecule has 138 valence electrons. The van der Waals surface area contributed by atoms with Gasteiger partial charge in [0.1, 0.15) is 18.0 Å². The van der Waals surface area contributed by atoms with E-state index >= 15 is 0 Å². The first-order valence-corrected chi connectivity index (χ1v) is 11.0. The zero-order valence-corrected chi connectivity index (χ0v) is 15.2. The van der Waals surface area contributed by atoms with Crippen LogP contribution in [0, 0.1) is 13.0 Å². The molecule has 0 amide bonds. The molecule has 1 aliphatic heterocycles. The molecule has 0 aliphatic carbocycles. The van der Waals surface area contributed by atoms with Crippen LogP contribution in [0.5, 0.6) is 0 Å². The van der Waals surface area contributed by atoms with E-state index in [-0.39, 0.29) is 17.0 Å². The SMILES string of the molecule is C=P(C)(C)CCC1OC(n2c(F)nc3c(=O)[nH]c(C)nc32)[C@H](O)[C@@H]1O. The number of aromatic amines is 1. The smallest absolute Gasteiger partial charge is 0.293 e. The summed E-state index contributed by atoms with van der Waals surface area (Å²) in [6, 6.07) is 0. The van der Waals surface area contributed by atoms with Crippen molar-refractivity contribution in [2.24, 2.45) is 0 Å². The molecule has 25 heavy (non-hydrogen) atoms. The highest BCUT2D eigenvalue weighted by molar-refractivity contribution is 7.72. The summed E-state index contributed by atoms with van der Waals surface area (Å²) in [5.41, 5.74) is -0.782. The van der Waals surface area contributed by atoms with Gasteiger partial charge in [-0.2, -0.15) is 9.37 Å². The predicted octanol–water partition coefficient (Wildman–Crippen LogP) is 0.286. The summed E-state index contributed by atoms with van der Waals surface area (Å²) in [7, 11) is 0. The third kappa shape index (κ3) is 3.42. The molecule has 2 unspecified atom stereocenters. The first-order valence-electron chi connectivity index (χ1n) is 7.92. The van der Waals surface area contributed by atoms with Crippen molar-refractivity contribution in [2.45, 2.75) is 37.9 Å². The van der Waals surface area contributed by atoms with E-state index in [0.717, 1.165) is 10.7 Å². The Morgan fingerprint density at radius 1 is 1.36 bits per heavy atom. The summed E-state index contributed by atoms with van der Waals surface area (Å²) in [5, 5.41) is 20.6. The molecule has 0 aromatic carbocycles. The highest BCUT2D eigenvalue weighted by Crippen LogP contribution is 2.40. The van der Waals surface area contributed by atoms with Gasteiger partial charge < -0.3 is 19.9 Å². The Morgan fingerprint density at radius 3 is 2.68 bits per heavy atom. The fourth-order valence-electron chi connectivity index (χ4n) is 2.95. The van der Waals surface area contributed by atoms with Crippen LogP contribution < -0.4 is 5.56 Å². The molecule has 1 saturated heterocycles. The van der Waals surface area contributed by atoms with Gasteiger partial charge in [0.15, 0.2) is 17.4 Å². The Morgan fingerprint density at radius 2 is 2.04 bits per heavy atom. The number of aliphatic hydroxyl groups is 2. The maximum atomic E-state index is 14.4. The number of rotatable bonds is 4. The zero-order valence-electron chi connectivity index (χ0n) is 14.3. The highest BCUT2D eigenvalue weighted by Gasteiger charge is 2.45. The topological polar surface area (TPSA) is 113 Å². The number of ether oxygens (including phenoxy) is 1. The number of aryl methyl sites for hydroxylation is 1. The van der Waals surface area contributed by atoms with Crippen molar-refractivity contribution in [3.8, 4) is 0 Å². The largest absolute Gasteiger partial charge is 0.388 e. The van der Waals surface area contributed by atoms with Crippen molar-refractivity contribution in [2.75, 3.05) is 19.5 Å². The molecule has 3 heterocycles. The van der Waals surface area contributed by atoms with Gasteiger partial charge in [0.05, 0.1) is 6.10 Å². The number of imidazole rings is 1. The molecule has 0 bridgehead atoms. The lowest BCUT2D eigenvalue weighted by atomic mass is 10.1. The van der Waals surface area contributed by atoms with Gasteiger partial charge in [-0.25, -0.2) is 4.98 Å². The summed E-state index contributed by atoms with van der Waals surface area (Å²) in [4.78, 5) is 22.0. The molecule has 8 nitrogen and oxygen atoms in total. The normalized spacial score (nSPS) is 27.3. The number of halogens is 1. The molecule has 1 fully saturated rings. The summed E-state index contributed by atoms with van der Waals surface area (Å²) in [6.07, 6.45) is -0.0126. The minimum Gasteiger partial charge on any atom is -0.388 e. The van der Waals surface area contributed by atoms with Crippen LogP contribution in [0.4, 0.5) is 4.39 Å². The van der Waals surface area contributed by atoms with Crippen LogP contribution in [0.1, 0.15) is 18.5 Å². The fraction of sp³-hybridized carbons (Fsp3) is 0.600. The van der Waals surface area contributed by atoms with Crippen molar-refractivity contribution in [3.63, 3.8) is 0 Å². The van der Waals surface area contributed by atoms with E-state index in [9.17, 15) is 19.4 Å². The molecule has 0 spiro atoms. The second-order valence-corrected chi connectivity index (χ2v) is 11.4. The van der Waals surface area contributed by atoms with Crippen molar-refractivity contribution in [3.05, 3.63) is 22.3 Å². The number of nitrogens with zero attached hydrogens (tertiary/aromatic N) is 3. The maximum Gasteiger partial charge on any atom is 0.293 e. The van der Waals surface area contributed by atoms with Gasteiger partial charge in [0.25, 0.3) is 11.6 Å². The summed E-state index contributed by atoms with van der Waals surface area (Å²) in [6.45, 7) is 4.35. The van der Waals surface area contributed by atoms with E-state index in [1.807, 2.05) is 0 Å². The van der Waals surface area contributed by atoms with Crippen molar-refractivity contribution < 1.29 is 19.3 Å². The molecule has 1 aliphatic rings. The third-order valence-corrected chi connectivity index (χ3v) is 5.71. The van der Waals surface area contributed by atoms with Crippen LogP contribution in [0.15, 0.2) is 4.79 Å². The molecule has 2 aromatic rings. The molecular formula is C15H22FN4O4P. The van der Waals surface area contributed by atoms with Crippen LogP contribution >= 0.6 is 6.89 Å². The Balaban J connectivity index is 1.97. The molecule has 4 atom stereocenters. The van der Waals surface area contributed by atoms with Crippen LogP contribution in [-0.2, 0) is 4.74 Å². The van der Waals surface area contributed by atoms with Crippen LogP contribution in [0.3, 0.4) is 0 Å². The van der Waals surface area contributed by atoms with Crippen molar-refractivity contribution >= 4 is 24.3 Å². The maximum absolute atomic E-state index is 14.4. The highest BCUT2D eigenvalue weighted by atomic mass is 31.2. The molecule has 2 aromatic heterocycles. The number of nitrogens with one attached hydrogen (secondary N) is 1. The minimum absolute atomic E-state index is 0.0272. The van der Waals surface area contributed by atoms with Crippen LogP contribution in [0.2, 0.25) is 0 Å². The fourth-order valence-corrected chi connectivity index (χ4v) is 3.90. The standard InChI is InChI=1S/C15H22FN4O4P/c1-7-17-12-9(13(23)18-7)19-15(16)20(12)14-11(22)10(21)8(24-14)5-6-25(2,3)4/h8,10-11,14,21-22H,2,5-6H2,1,3-4H3,(H,17,18,23)/t8?,10-,11-,14?/m1/s1. The summed E-state index contributed by atoms with van der Waals surface area (Å²) in [5.74, 6) is 0.284. The molecule has 10 heteroatoms. The number of fused-ring (bicyclic) bond motifs is 1. The quantitative estimate of drug-likeness (QED) is 0.525. The number of aliphatic hydroxyl groups excluding tert-OH is 2. The van der Waals surface area contributed by atoms with Gasteiger partial charge in [-0.3, -0.25) is 9.36 Å². The second kappa shape index (κ2) is 6.32. The zero-order chi connectivity index (χ0) is 18.5.